The summed E-state index contributed by atoms with van der Waals surface area (Å²) < 4.78 is 6.12. The SMILES string of the molecule is COc1nn(CCC(=O)Nc2ccncc2)cc1[N+](=O)[O-]. The van der Waals surface area contributed by atoms with E-state index in [1.54, 1.807) is 24.5 Å². The number of nitrogens with zero attached hydrogens (tertiary/aromatic N) is 4. The third-order valence-corrected chi connectivity index (χ3v) is 2.63. The summed E-state index contributed by atoms with van der Waals surface area (Å²) in [6, 6.07) is 3.33. The zero-order valence-electron chi connectivity index (χ0n) is 11.2. The van der Waals surface area contributed by atoms with Crippen molar-refractivity contribution in [3.05, 3.63) is 40.8 Å². The van der Waals surface area contributed by atoms with Crippen LogP contribution in [0.15, 0.2) is 30.7 Å². The van der Waals surface area contributed by atoms with Crippen LogP contribution in [0.25, 0.3) is 0 Å². The number of carbonyl (C=O) groups is 1. The van der Waals surface area contributed by atoms with Gasteiger partial charge in [0, 0.05) is 24.5 Å². The second-order valence-electron chi connectivity index (χ2n) is 4.08. The maximum Gasteiger partial charge on any atom is 0.350 e. The van der Waals surface area contributed by atoms with E-state index in [9.17, 15) is 14.9 Å². The fourth-order valence-corrected chi connectivity index (χ4v) is 1.65. The molecule has 2 rings (SSSR count). The van der Waals surface area contributed by atoms with E-state index in [1.165, 1.54) is 18.0 Å². The molecule has 0 saturated heterocycles. The third-order valence-electron chi connectivity index (χ3n) is 2.63. The minimum atomic E-state index is -0.584. The summed E-state index contributed by atoms with van der Waals surface area (Å²) in [5, 5.41) is 17.3. The molecule has 2 aromatic heterocycles. The number of aromatic nitrogens is 3. The molecule has 110 valence electrons. The highest BCUT2D eigenvalue weighted by Crippen LogP contribution is 2.23. The zero-order valence-corrected chi connectivity index (χ0v) is 11.2. The van der Waals surface area contributed by atoms with Crippen LogP contribution in [0.5, 0.6) is 5.88 Å². The predicted octanol–water partition coefficient (Wildman–Crippen LogP) is 1.22. The average molecular weight is 291 g/mol. The fourth-order valence-electron chi connectivity index (χ4n) is 1.65. The minimum Gasteiger partial charge on any atom is -0.475 e. The van der Waals surface area contributed by atoms with Crippen LogP contribution in [0.2, 0.25) is 0 Å². The molecule has 1 N–H and O–H groups in total. The van der Waals surface area contributed by atoms with Crippen molar-refractivity contribution < 1.29 is 14.5 Å². The molecule has 0 aliphatic rings. The van der Waals surface area contributed by atoms with Gasteiger partial charge in [0.2, 0.25) is 5.91 Å². The van der Waals surface area contributed by atoms with E-state index in [1.807, 2.05) is 0 Å². The van der Waals surface area contributed by atoms with Gasteiger partial charge in [-0.1, -0.05) is 0 Å². The number of amides is 1. The average Bonchev–Trinajstić information content (AvgIpc) is 2.90. The molecule has 21 heavy (non-hydrogen) atoms. The minimum absolute atomic E-state index is 0.0745. The number of anilines is 1. The summed E-state index contributed by atoms with van der Waals surface area (Å²) in [5.41, 5.74) is 0.408. The topological polar surface area (TPSA) is 112 Å². The van der Waals surface area contributed by atoms with E-state index >= 15 is 0 Å². The van der Waals surface area contributed by atoms with Gasteiger partial charge >= 0.3 is 11.6 Å². The number of aryl methyl sites for hydroxylation is 1. The molecule has 0 fully saturated rings. The number of methoxy groups -OCH3 is 1. The molecule has 9 heteroatoms. The smallest absolute Gasteiger partial charge is 0.350 e. The van der Waals surface area contributed by atoms with Crippen LogP contribution >= 0.6 is 0 Å². The normalized spacial score (nSPS) is 10.1. The third kappa shape index (κ3) is 3.75. The Morgan fingerprint density at radius 2 is 2.19 bits per heavy atom. The van der Waals surface area contributed by atoms with Crippen LogP contribution in [0.3, 0.4) is 0 Å². The number of ether oxygens (including phenoxy) is 1. The molecule has 0 atom stereocenters. The lowest BCUT2D eigenvalue weighted by atomic mass is 10.3. The molecule has 0 bridgehead atoms. The van der Waals surface area contributed by atoms with E-state index in [0.717, 1.165) is 0 Å². The Balaban J connectivity index is 1.94. The van der Waals surface area contributed by atoms with Gasteiger partial charge in [0.05, 0.1) is 18.6 Å². The van der Waals surface area contributed by atoms with Crippen LogP contribution in [0.4, 0.5) is 11.4 Å². The Labute approximate surface area is 119 Å². The monoisotopic (exact) mass is 291 g/mol. The van der Waals surface area contributed by atoms with E-state index in [2.05, 4.69) is 15.4 Å². The van der Waals surface area contributed by atoms with Crippen LogP contribution < -0.4 is 10.1 Å². The fraction of sp³-hybridized carbons (Fsp3) is 0.250. The predicted molar refractivity (Wildman–Crippen MR) is 72.9 cm³/mol. The summed E-state index contributed by atoms with van der Waals surface area (Å²) >= 11 is 0. The zero-order chi connectivity index (χ0) is 15.2. The maximum absolute atomic E-state index is 11.7. The Morgan fingerprint density at radius 1 is 1.48 bits per heavy atom. The molecule has 2 heterocycles. The molecule has 0 radical (unpaired) electrons. The van der Waals surface area contributed by atoms with Gasteiger partial charge in [0.25, 0.3) is 0 Å². The van der Waals surface area contributed by atoms with Crippen molar-refractivity contribution in [1.29, 1.82) is 0 Å². The van der Waals surface area contributed by atoms with Crippen molar-refractivity contribution in [2.45, 2.75) is 13.0 Å². The molecule has 0 aliphatic heterocycles. The highest BCUT2D eigenvalue weighted by Gasteiger charge is 2.20. The quantitative estimate of drug-likeness (QED) is 0.632. The van der Waals surface area contributed by atoms with Gasteiger partial charge in [-0.15, -0.1) is 5.10 Å². The Hall–Kier alpha value is -2.97. The first-order valence-corrected chi connectivity index (χ1v) is 6.06. The largest absolute Gasteiger partial charge is 0.475 e. The summed E-state index contributed by atoms with van der Waals surface area (Å²) in [6.45, 7) is 0.209. The first kappa shape index (κ1) is 14.4. The number of hydrogen-bond acceptors (Lipinski definition) is 6. The highest BCUT2D eigenvalue weighted by atomic mass is 16.6. The molecule has 0 spiro atoms. The second-order valence-corrected chi connectivity index (χ2v) is 4.08. The van der Waals surface area contributed by atoms with Crippen LogP contribution in [0, 0.1) is 10.1 Å². The Bertz CT molecular complexity index is 640. The number of rotatable bonds is 6. The van der Waals surface area contributed by atoms with Gasteiger partial charge in [-0.05, 0) is 12.1 Å². The molecule has 0 saturated carbocycles. The molecule has 0 unspecified atom stereocenters. The van der Waals surface area contributed by atoms with Crippen molar-refractivity contribution in [1.82, 2.24) is 14.8 Å². The molecular weight excluding hydrogens is 278 g/mol. The van der Waals surface area contributed by atoms with Crippen molar-refractivity contribution in [3.63, 3.8) is 0 Å². The van der Waals surface area contributed by atoms with Crippen LogP contribution in [-0.2, 0) is 11.3 Å². The van der Waals surface area contributed by atoms with Crippen molar-refractivity contribution in [2.24, 2.45) is 0 Å². The van der Waals surface area contributed by atoms with Gasteiger partial charge in [0.1, 0.15) is 6.20 Å². The lowest BCUT2D eigenvalue weighted by Gasteiger charge is -2.04. The van der Waals surface area contributed by atoms with Crippen LogP contribution in [0.1, 0.15) is 6.42 Å². The molecule has 1 amide bonds. The first-order valence-electron chi connectivity index (χ1n) is 6.06. The van der Waals surface area contributed by atoms with E-state index in [-0.39, 0.29) is 30.4 Å². The van der Waals surface area contributed by atoms with Gasteiger partial charge < -0.3 is 10.1 Å². The number of nitrogens with one attached hydrogen (secondary N) is 1. The summed E-state index contributed by atoms with van der Waals surface area (Å²) in [6.07, 6.45) is 4.50. The lowest BCUT2D eigenvalue weighted by molar-refractivity contribution is -0.385. The van der Waals surface area contributed by atoms with Gasteiger partial charge in [-0.3, -0.25) is 24.6 Å². The number of carbonyl (C=O) groups excluding carboxylic acids is 1. The van der Waals surface area contributed by atoms with E-state index < -0.39 is 4.92 Å². The molecule has 2 aromatic rings. The summed E-state index contributed by atoms with van der Waals surface area (Å²) in [5.74, 6) is -0.298. The molecule has 9 nitrogen and oxygen atoms in total. The highest BCUT2D eigenvalue weighted by molar-refractivity contribution is 5.90. The van der Waals surface area contributed by atoms with Crippen molar-refractivity contribution >= 4 is 17.3 Å². The second kappa shape index (κ2) is 6.46. The standard InChI is InChI=1S/C12H13N5O4/c1-21-12-10(17(19)20)8-16(15-12)7-4-11(18)14-9-2-5-13-6-3-9/h2-3,5-6,8H,4,7H2,1H3,(H,13,14,18). The maximum atomic E-state index is 11.7. The van der Waals surface area contributed by atoms with E-state index in [0.29, 0.717) is 5.69 Å². The Morgan fingerprint density at radius 3 is 2.76 bits per heavy atom. The van der Waals surface area contributed by atoms with Crippen molar-refractivity contribution in [3.8, 4) is 5.88 Å². The number of hydrogen-bond donors (Lipinski definition) is 1. The molecular formula is C12H13N5O4. The number of pyridine rings is 1. The van der Waals surface area contributed by atoms with E-state index in [4.69, 9.17) is 4.74 Å². The van der Waals surface area contributed by atoms with Crippen molar-refractivity contribution in [2.75, 3.05) is 12.4 Å². The van der Waals surface area contributed by atoms with Gasteiger partial charge in [-0.25, -0.2) is 0 Å². The number of nitro groups is 1. The molecule has 0 aliphatic carbocycles. The van der Waals surface area contributed by atoms with Gasteiger partial charge in [0.15, 0.2) is 0 Å². The summed E-state index contributed by atoms with van der Waals surface area (Å²) in [7, 11) is 1.30. The first-order chi connectivity index (χ1) is 10.1. The van der Waals surface area contributed by atoms with Gasteiger partial charge in [-0.2, -0.15) is 0 Å². The van der Waals surface area contributed by atoms with Crippen LogP contribution in [-0.4, -0.2) is 32.7 Å². The summed E-state index contributed by atoms with van der Waals surface area (Å²) in [4.78, 5) is 25.8. The lowest BCUT2D eigenvalue weighted by Crippen LogP contribution is -2.14. The molecule has 0 aromatic carbocycles. The Kier molecular flexibility index (Phi) is 4.44.